The summed E-state index contributed by atoms with van der Waals surface area (Å²) in [5.41, 5.74) is 1.61. The summed E-state index contributed by atoms with van der Waals surface area (Å²) < 4.78 is 0. The molecule has 0 aliphatic carbocycles. The zero-order chi connectivity index (χ0) is 16.0. The maximum Gasteiger partial charge on any atom is 0.272 e. The fourth-order valence-electron chi connectivity index (χ4n) is 2.01. The first kappa shape index (κ1) is 17.1. The van der Waals surface area contributed by atoms with Crippen LogP contribution in [0.1, 0.15) is 44.4 Å². The molecule has 1 unspecified atom stereocenters. The molecular formula is C15H23N3O3. The standard InChI is InChI=1S/C15H23N3O3/c1-10(2)17-15(19)7-8-16-12(4)13-6-5-11(3)14(9-13)18(20)21/h5-6,9-10,12,16H,7-8H2,1-4H3,(H,17,19). The van der Waals surface area contributed by atoms with Gasteiger partial charge in [0.05, 0.1) is 4.92 Å². The highest BCUT2D eigenvalue weighted by molar-refractivity contribution is 5.76. The number of aryl methyl sites for hydroxylation is 1. The number of hydrogen-bond acceptors (Lipinski definition) is 4. The number of nitro benzene ring substituents is 1. The highest BCUT2D eigenvalue weighted by Gasteiger charge is 2.14. The second-order valence-corrected chi connectivity index (χ2v) is 5.45. The van der Waals surface area contributed by atoms with Crippen LogP contribution in [0.25, 0.3) is 0 Å². The molecule has 6 nitrogen and oxygen atoms in total. The molecule has 1 aromatic carbocycles. The molecule has 0 spiro atoms. The third kappa shape index (κ3) is 5.51. The maximum absolute atomic E-state index is 11.5. The summed E-state index contributed by atoms with van der Waals surface area (Å²) >= 11 is 0. The van der Waals surface area contributed by atoms with Gasteiger partial charge < -0.3 is 10.6 Å². The van der Waals surface area contributed by atoms with Crippen LogP contribution in [0.4, 0.5) is 5.69 Å². The van der Waals surface area contributed by atoms with Crippen molar-refractivity contribution in [1.82, 2.24) is 10.6 Å². The summed E-state index contributed by atoms with van der Waals surface area (Å²) in [7, 11) is 0. The third-order valence-electron chi connectivity index (χ3n) is 3.18. The summed E-state index contributed by atoms with van der Waals surface area (Å²) in [5.74, 6) is -0.000383. The van der Waals surface area contributed by atoms with Crippen molar-refractivity contribution >= 4 is 11.6 Å². The molecule has 0 saturated heterocycles. The minimum atomic E-state index is -0.373. The minimum absolute atomic E-state index is 0.000383. The quantitative estimate of drug-likeness (QED) is 0.597. The van der Waals surface area contributed by atoms with Crippen LogP contribution in [0.5, 0.6) is 0 Å². The van der Waals surface area contributed by atoms with Crippen molar-refractivity contribution in [2.24, 2.45) is 0 Å². The zero-order valence-electron chi connectivity index (χ0n) is 13.0. The summed E-state index contributed by atoms with van der Waals surface area (Å²) in [4.78, 5) is 22.1. The van der Waals surface area contributed by atoms with Gasteiger partial charge in [-0.15, -0.1) is 0 Å². The topological polar surface area (TPSA) is 84.3 Å². The molecule has 0 aliphatic heterocycles. The molecule has 0 saturated carbocycles. The van der Waals surface area contributed by atoms with E-state index in [-0.39, 0.29) is 28.6 Å². The lowest BCUT2D eigenvalue weighted by Crippen LogP contribution is -2.33. The molecule has 21 heavy (non-hydrogen) atoms. The van der Waals surface area contributed by atoms with Gasteiger partial charge in [0.1, 0.15) is 0 Å². The fourth-order valence-corrected chi connectivity index (χ4v) is 2.01. The van der Waals surface area contributed by atoms with E-state index in [9.17, 15) is 14.9 Å². The molecule has 2 N–H and O–H groups in total. The Labute approximate surface area is 125 Å². The molecule has 0 fully saturated rings. The zero-order valence-corrected chi connectivity index (χ0v) is 13.0. The van der Waals surface area contributed by atoms with Crippen LogP contribution in [0.2, 0.25) is 0 Å². The lowest BCUT2D eigenvalue weighted by atomic mass is 10.0. The van der Waals surface area contributed by atoms with Crippen LogP contribution >= 0.6 is 0 Å². The number of carbonyl (C=O) groups is 1. The van der Waals surface area contributed by atoms with Crippen LogP contribution in [-0.4, -0.2) is 23.4 Å². The molecule has 0 bridgehead atoms. The third-order valence-corrected chi connectivity index (χ3v) is 3.18. The summed E-state index contributed by atoms with van der Waals surface area (Å²) in [6, 6.07) is 5.29. The lowest BCUT2D eigenvalue weighted by Gasteiger charge is -2.15. The number of nitrogens with zero attached hydrogens (tertiary/aromatic N) is 1. The average Bonchev–Trinajstić information content (AvgIpc) is 2.37. The van der Waals surface area contributed by atoms with Gasteiger partial charge in [0.15, 0.2) is 0 Å². The van der Waals surface area contributed by atoms with Crippen molar-refractivity contribution in [2.45, 2.75) is 46.2 Å². The highest BCUT2D eigenvalue weighted by Crippen LogP contribution is 2.23. The molecular weight excluding hydrogens is 270 g/mol. The monoisotopic (exact) mass is 293 g/mol. The Bertz CT molecular complexity index is 515. The van der Waals surface area contributed by atoms with Gasteiger partial charge in [0, 0.05) is 36.7 Å². The molecule has 0 radical (unpaired) electrons. The Hall–Kier alpha value is -1.95. The van der Waals surface area contributed by atoms with E-state index in [1.807, 2.05) is 26.8 Å². The van der Waals surface area contributed by atoms with Crippen LogP contribution in [-0.2, 0) is 4.79 Å². The number of amides is 1. The number of carbonyl (C=O) groups excluding carboxylic acids is 1. The predicted octanol–water partition coefficient (Wildman–Crippen LogP) is 2.47. The molecule has 1 amide bonds. The Kier molecular flexibility index (Phi) is 6.30. The van der Waals surface area contributed by atoms with Crippen LogP contribution in [0.3, 0.4) is 0 Å². The molecule has 0 aliphatic rings. The van der Waals surface area contributed by atoms with Gasteiger partial charge in [0.2, 0.25) is 5.91 Å². The van der Waals surface area contributed by atoms with E-state index in [4.69, 9.17) is 0 Å². The van der Waals surface area contributed by atoms with E-state index in [1.54, 1.807) is 19.1 Å². The first-order valence-electron chi connectivity index (χ1n) is 7.09. The van der Waals surface area contributed by atoms with E-state index in [0.717, 1.165) is 5.56 Å². The largest absolute Gasteiger partial charge is 0.354 e. The second-order valence-electron chi connectivity index (χ2n) is 5.45. The van der Waals surface area contributed by atoms with E-state index < -0.39 is 0 Å². The van der Waals surface area contributed by atoms with Crippen molar-refractivity contribution in [3.05, 3.63) is 39.4 Å². The second kappa shape index (κ2) is 7.73. The van der Waals surface area contributed by atoms with Crippen molar-refractivity contribution in [1.29, 1.82) is 0 Å². The molecule has 1 atom stereocenters. The van der Waals surface area contributed by atoms with Crippen LogP contribution in [0.15, 0.2) is 18.2 Å². The Morgan fingerprint density at radius 2 is 2.00 bits per heavy atom. The number of nitrogens with one attached hydrogen (secondary N) is 2. The first-order valence-corrected chi connectivity index (χ1v) is 7.09. The number of hydrogen-bond donors (Lipinski definition) is 2. The van der Waals surface area contributed by atoms with Gasteiger partial charge >= 0.3 is 0 Å². The number of nitro groups is 1. The van der Waals surface area contributed by atoms with Gasteiger partial charge in [0.25, 0.3) is 5.69 Å². The molecule has 0 aromatic heterocycles. The molecule has 116 valence electrons. The number of rotatable bonds is 7. The summed E-state index contributed by atoms with van der Waals surface area (Å²) in [6.45, 7) is 8.01. The van der Waals surface area contributed by atoms with Crippen molar-refractivity contribution in [3.8, 4) is 0 Å². The van der Waals surface area contributed by atoms with Crippen LogP contribution < -0.4 is 10.6 Å². The van der Waals surface area contributed by atoms with E-state index in [1.165, 1.54) is 0 Å². The maximum atomic E-state index is 11.5. The predicted molar refractivity (Wildman–Crippen MR) is 82.1 cm³/mol. The normalized spacial score (nSPS) is 12.2. The van der Waals surface area contributed by atoms with E-state index in [2.05, 4.69) is 10.6 Å². The smallest absolute Gasteiger partial charge is 0.272 e. The Morgan fingerprint density at radius 1 is 1.33 bits per heavy atom. The molecule has 1 rings (SSSR count). The van der Waals surface area contributed by atoms with Crippen molar-refractivity contribution < 1.29 is 9.72 Å². The van der Waals surface area contributed by atoms with Crippen LogP contribution in [0, 0.1) is 17.0 Å². The SMILES string of the molecule is Cc1ccc(C(C)NCCC(=O)NC(C)C)cc1[N+](=O)[O-]. The number of benzene rings is 1. The summed E-state index contributed by atoms with van der Waals surface area (Å²) in [6.07, 6.45) is 0.385. The lowest BCUT2D eigenvalue weighted by molar-refractivity contribution is -0.385. The van der Waals surface area contributed by atoms with E-state index >= 15 is 0 Å². The van der Waals surface area contributed by atoms with Gasteiger partial charge in [-0.2, -0.15) is 0 Å². The van der Waals surface area contributed by atoms with E-state index in [0.29, 0.717) is 18.5 Å². The molecule has 0 heterocycles. The average molecular weight is 293 g/mol. The summed E-state index contributed by atoms with van der Waals surface area (Å²) in [5, 5.41) is 17.0. The highest BCUT2D eigenvalue weighted by atomic mass is 16.6. The molecule has 1 aromatic rings. The first-order chi connectivity index (χ1) is 9.81. The van der Waals surface area contributed by atoms with Gasteiger partial charge in [-0.25, -0.2) is 0 Å². The Morgan fingerprint density at radius 3 is 2.57 bits per heavy atom. The fraction of sp³-hybridized carbons (Fsp3) is 0.533. The Balaban J connectivity index is 2.56. The molecule has 6 heteroatoms. The van der Waals surface area contributed by atoms with Crippen molar-refractivity contribution in [2.75, 3.05) is 6.54 Å². The van der Waals surface area contributed by atoms with Gasteiger partial charge in [-0.3, -0.25) is 14.9 Å². The van der Waals surface area contributed by atoms with Crippen molar-refractivity contribution in [3.63, 3.8) is 0 Å². The van der Waals surface area contributed by atoms with Gasteiger partial charge in [-0.1, -0.05) is 12.1 Å². The minimum Gasteiger partial charge on any atom is -0.354 e. The van der Waals surface area contributed by atoms with Gasteiger partial charge in [-0.05, 0) is 33.3 Å².